The first-order valence-corrected chi connectivity index (χ1v) is 4.54. The Hall–Kier alpha value is -1.02. The fraction of sp³-hybridized carbons (Fsp3) is 0.250. The molecule has 0 saturated carbocycles. The third-order valence-electron chi connectivity index (χ3n) is 1.54. The molecule has 1 heterocycles. The zero-order chi connectivity index (χ0) is 9.84. The summed E-state index contributed by atoms with van der Waals surface area (Å²) in [7, 11) is 0. The highest BCUT2D eigenvalue weighted by Gasteiger charge is 2.17. The summed E-state index contributed by atoms with van der Waals surface area (Å²) in [5, 5.41) is 8.79. The van der Waals surface area contributed by atoms with Crippen molar-refractivity contribution in [3.8, 4) is 6.07 Å². The van der Waals surface area contributed by atoms with Gasteiger partial charge in [0.15, 0.2) is 0 Å². The summed E-state index contributed by atoms with van der Waals surface area (Å²) in [6.07, 6.45) is -1.31. The standard InChI is InChI=1S/C8H5BrF2N2/c9-3-6-7(8(10)11)5(4-12)1-2-13-6/h1-2,8H,3H2. The predicted molar refractivity (Wildman–Crippen MR) is 46.5 cm³/mol. The molecule has 0 aliphatic heterocycles. The van der Waals surface area contributed by atoms with Crippen molar-refractivity contribution in [3.05, 3.63) is 29.1 Å². The van der Waals surface area contributed by atoms with Gasteiger partial charge in [0.25, 0.3) is 6.43 Å². The van der Waals surface area contributed by atoms with Crippen LogP contribution in [0.2, 0.25) is 0 Å². The molecular weight excluding hydrogens is 242 g/mol. The molecule has 13 heavy (non-hydrogen) atoms. The summed E-state index contributed by atoms with van der Waals surface area (Å²) in [4.78, 5) is 3.75. The second-order valence-corrected chi connectivity index (χ2v) is 2.83. The monoisotopic (exact) mass is 246 g/mol. The Morgan fingerprint density at radius 1 is 1.62 bits per heavy atom. The van der Waals surface area contributed by atoms with E-state index in [1.165, 1.54) is 12.3 Å². The lowest BCUT2D eigenvalue weighted by Gasteiger charge is -2.05. The van der Waals surface area contributed by atoms with Crippen molar-refractivity contribution in [2.75, 3.05) is 0 Å². The fourth-order valence-electron chi connectivity index (χ4n) is 0.964. The van der Waals surface area contributed by atoms with E-state index >= 15 is 0 Å². The average molecular weight is 247 g/mol. The number of alkyl halides is 3. The minimum Gasteiger partial charge on any atom is -0.260 e. The van der Waals surface area contributed by atoms with Crippen LogP contribution in [0, 0.1) is 11.3 Å². The molecule has 0 fully saturated rings. The van der Waals surface area contributed by atoms with Gasteiger partial charge in [-0.25, -0.2) is 8.78 Å². The molecular formula is C8H5BrF2N2. The minimum absolute atomic E-state index is 0.0144. The van der Waals surface area contributed by atoms with Gasteiger partial charge in [0, 0.05) is 11.5 Å². The van der Waals surface area contributed by atoms with Gasteiger partial charge in [-0.1, -0.05) is 15.9 Å². The molecule has 0 aliphatic rings. The van der Waals surface area contributed by atoms with Crippen molar-refractivity contribution >= 4 is 15.9 Å². The van der Waals surface area contributed by atoms with E-state index in [-0.39, 0.29) is 22.2 Å². The van der Waals surface area contributed by atoms with Gasteiger partial charge >= 0.3 is 0 Å². The molecule has 0 unspecified atom stereocenters. The van der Waals surface area contributed by atoms with E-state index in [0.717, 1.165) is 0 Å². The lowest BCUT2D eigenvalue weighted by Crippen LogP contribution is -1.99. The van der Waals surface area contributed by atoms with Gasteiger partial charge in [-0.05, 0) is 6.07 Å². The van der Waals surface area contributed by atoms with Crippen LogP contribution in [0.1, 0.15) is 23.2 Å². The zero-order valence-corrected chi connectivity index (χ0v) is 8.05. The maximum atomic E-state index is 12.5. The quantitative estimate of drug-likeness (QED) is 0.753. The van der Waals surface area contributed by atoms with Crippen LogP contribution >= 0.6 is 15.9 Å². The predicted octanol–water partition coefficient (Wildman–Crippen LogP) is 2.79. The first-order chi connectivity index (χ1) is 6.20. The van der Waals surface area contributed by atoms with E-state index in [2.05, 4.69) is 20.9 Å². The summed E-state index contributed by atoms with van der Waals surface area (Å²) in [6, 6.07) is 3.00. The van der Waals surface area contributed by atoms with E-state index in [4.69, 9.17) is 5.26 Å². The van der Waals surface area contributed by atoms with Gasteiger partial charge in [-0.15, -0.1) is 0 Å². The third kappa shape index (κ3) is 2.01. The molecule has 0 aliphatic carbocycles. The summed E-state index contributed by atoms with van der Waals surface area (Å²) in [6.45, 7) is 0. The Labute approximate surface area is 82.3 Å². The van der Waals surface area contributed by atoms with Gasteiger partial charge < -0.3 is 0 Å². The maximum Gasteiger partial charge on any atom is 0.266 e. The number of hydrogen-bond acceptors (Lipinski definition) is 2. The van der Waals surface area contributed by atoms with Gasteiger partial charge in [0.05, 0.1) is 22.9 Å². The second-order valence-electron chi connectivity index (χ2n) is 2.27. The van der Waals surface area contributed by atoms with Crippen LogP contribution in [0.5, 0.6) is 0 Å². The van der Waals surface area contributed by atoms with Crippen molar-refractivity contribution in [1.82, 2.24) is 4.98 Å². The highest BCUT2D eigenvalue weighted by atomic mass is 79.9. The van der Waals surface area contributed by atoms with Gasteiger partial charge in [0.2, 0.25) is 0 Å². The summed E-state index contributed by atoms with van der Waals surface area (Å²) < 4.78 is 24.9. The molecule has 1 aromatic rings. The van der Waals surface area contributed by atoms with Crippen LogP contribution in [0.4, 0.5) is 8.78 Å². The van der Waals surface area contributed by atoms with Crippen LogP contribution in [0.25, 0.3) is 0 Å². The topological polar surface area (TPSA) is 36.7 Å². The van der Waals surface area contributed by atoms with Gasteiger partial charge in [-0.3, -0.25) is 4.98 Å². The molecule has 0 saturated heterocycles. The number of nitriles is 1. The van der Waals surface area contributed by atoms with Crippen molar-refractivity contribution < 1.29 is 8.78 Å². The smallest absolute Gasteiger partial charge is 0.260 e. The van der Waals surface area contributed by atoms with E-state index in [1.807, 2.05) is 0 Å². The van der Waals surface area contributed by atoms with E-state index < -0.39 is 6.43 Å². The molecule has 1 rings (SSSR count). The number of aromatic nitrogens is 1. The summed E-state index contributed by atoms with van der Waals surface area (Å²) >= 11 is 3.03. The van der Waals surface area contributed by atoms with E-state index in [0.29, 0.717) is 0 Å². The minimum atomic E-state index is -2.66. The highest BCUT2D eigenvalue weighted by Crippen LogP contribution is 2.26. The van der Waals surface area contributed by atoms with E-state index in [1.54, 1.807) is 6.07 Å². The third-order valence-corrected chi connectivity index (χ3v) is 2.07. The lowest BCUT2D eigenvalue weighted by molar-refractivity contribution is 0.149. The number of rotatable bonds is 2. The molecule has 1 aromatic heterocycles. The maximum absolute atomic E-state index is 12.5. The van der Waals surface area contributed by atoms with Crippen LogP contribution < -0.4 is 0 Å². The second kappa shape index (κ2) is 4.28. The molecule has 0 N–H and O–H groups in total. The molecule has 0 radical (unpaired) electrons. The molecule has 68 valence electrons. The molecule has 0 bridgehead atoms. The summed E-state index contributed by atoms with van der Waals surface area (Å²) in [5.41, 5.74) is -0.0737. The molecule has 0 spiro atoms. The zero-order valence-electron chi connectivity index (χ0n) is 6.47. The van der Waals surface area contributed by atoms with Crippen LogP contribution in [-0.2, 0) is 5.33 Å². The Bertz CT molecular complexity index is 346. The Kier molecular flexibility index (Phi) is 3.32. The largest absolute Gasteiger partial charge is 0.266 e. The highest BCUT2D eigenvalue weighted by molar-refractivity contribution is 9.08. The molecule has 0 aromatic carbocycles. The van der Waals surface area contributed by atoms with Crippen molar-refractivity contribution in [2.45, 2.75) is 11.8 Å². The van der Waals surface area contributed by atoms with E-state index in [9.17, 15) is 8.78 Å². The number of pyridine rings is 1. The van der Waals surface area contributed by atoms with Gasteiger partial charge in [-0.2, -0.15) is 5.26 Å². The number of hydrogen-bond donors (Lipinski definition) is 0. The summed E-state index contributed by atoms with van der Waals surface area (Å²) in [5.74, 6) is 0. The van der Waals surface area contributed by atoms with Gasteiger partial charge in [0.1, 0.15) is 0 Å². The Balaban J connectivity index is 3.32. The van der Waals surface area contributed by atoms with Crippen molar-refractivity contribution in [3.63, 3.8) is 0 Å². The Morgan fingerprint density at radius 2 is 2.31 bits per heavy atom. The SMILES string of the molecule is N#Cc1ccnc(CBr)c1C(F)F. The fourth-order valence-corrected chi connectivity index (χ4v) is 1.41. The van der Waals surface area contributed by atoms with Crippen molar-refractivity contribution in [2.24, 2.45) is 0 Å². The van der Waals surface area contributed by atoms with Crippen LogP contribution in [0.3, 0.4) is 0 Å². The molecule has 2 nitrogen and oxygen atoms in total. The molecule has 0 amide bonds. The lowest BCUT2D eigenvalue weighted by atomic mass is 10.1. The number of nitrogens with zero attached hydrogens (tertiary/aromatic N) is 2. The molecule has 5 heteroatoms. The first-order valence-electron chi connectivity index (χ1n) is 3.42. The van der Waals surface area contributed by atoms with Crippen molar-refractivity contribution in [1.29, 1.82) is 5.26 Å². The molecule has 0 atom stereocenters. The Morgan fingerprint density at radius 3 is 2.77 bits per heavy atom. The van der Waals surface area contributed by atoms with Crippen LogP contribution in [-0.4, -0.2) is 4.98 Å². The van der Waals surface area contributed by atoms with Crippen LogP contribution in [0.15, 0.2) is 12.3 Å². The average Bonchev–Trinajstić information content (AvgIpc) is 2.16. The first kappa shape index (κ1) is 10.1. The normalized spacial score (nSPS) is 10.1. The number of halogens is 3.